The van der Waals surface area contributed by atoms with Gasteiger partial charge in [0.2, 0.25) is 5.91 Å². The maximum absolute atomic E-state index is 12.3. The van der Waals surface area contributed by atoms with E-state index in [1.165, 1.54) is 0 Å². The van der Waals surface area contributed by atoms with E-state index >= 15 is 0 Å². The molecule has 1 saturated heterocycles. The van der Waals surface area contributed by atoms with E-state index in [0.29, 0.717) is 6.54 Å². The molecular formula is C13H22N4O. The molecule has 1 fully saturated rings. The van der Waals surface area contributed by atoms with Crippen LogP contribution in [-0.4, -0.2) is 34.3 Å². The molecule has 2 N–H and O–H groups in total. The summed E-state index contributed by atoms with van der Waals surface area (Å²) in [5, 5.41) is 10.5. The number of nitrogens with zero attached hydrogens (tertiary/aromatic N) is 2. The van der Waals surface area contributed by atoms with Gasteiger partial charge >= 0.3 is 0 Å². The third-order valence-corrected chi connectivity index (χ3v) is 3.54. The van der Waals surface area contributed by atoms with Gasteiger partial charge in [-0.05, 0) is 31.9 Å². The van der Waals surface area contributed by atoms with E-state index in [1.807, 2.05) is 16.9 Å². The summed E-state index contributed by atoms with van der Waals surface area (Å²) in [5.74, 6) is 0.147. The van der Waals surface area contributed by atoms with Crippen LogP contribution in [-0.2, 0) is 11.3 Å². The van der Waals surface area contributed by atoms with Crippen molar-refractivity contribution in [2.24, 2.45) is 0 Å². The molecule has 0 bridgehead atoms. The lowest BCUT2D eigenvalue weighted by Crippen LogP contribution is -2.53. The fourth-order valence-corrected chi connectivity index (χ4v) is 2.64. The van der Waals surface area contributed by atoms with Crippen LogP contribution < -0.4 is 10.6 Å². The molecule has 100 valence electrons. The van der Waals surface area contributed by atoms with Crippen molar-refractivity contribution >= 4 is 5.91 Å². The van der Waals surface area contributed by atoms with Crippen molar-refractivity contribution in [2.75, 3.05) is 13.1 Å². The van der Waals surface area contributed by atoms with Crippen molar-refractivity contribution in [1.82, 2.24) is 20.4 Å². The fourth-order valence-electron chi connectivity index (χ4n) is 2.64. The molecule has 0 spiro atoms. The molecule has 1 amide bonds. The minimum atomic E-state index is -0.321. The summed E-state index contributed by atoms with van der Waals surface area (Å²) in [4.78, 5) is 12.3. The Morgan fingerprint density at radius 1 is 1.61 bits per heavy atom. The first-order chi connectivity index (χ1) is 8.77. The van der Waals surface area contributed by atoms with Crippen LogP contribution in [0.4, 0.5) is 0 Å². The first-order valence-electron chi connectivity index (χ1n) is 6.77. The van der Waals surface area contributed by atoms with Crippen LogP contribution in [0.15, 0.2) is 18.5 Å². The highest BCUT2D eigenvalue weighted by molar-refractivity contribution is 5.86. The Balaban J connectivity index is 1.82. The summed E-state index contributed by atoms with van der Waals surface area (Å²) in [7, 11) is 0. The Hall–Kier alpha value is -1.36. The van der Waals surface area contributed by atoms with Crippen molar-refractivity contribution in [2.45, 2.75) is 44.7 Å². The van der Waals surface area contributed by atoms with E-state index in [0.717, 1.165) is 38.8 Å². The van der Waals surface area contributed by atoms with Gasteiger partial charge in [0.25, 0.3) is 0 Å². The van der Waals surface area contributed by atoms with Crippen LogP contribution in [0.3, 0.4) is 0 Å². The molecule has 5 heteroatoms. The standard InChI is InChI=1S/C13H22N4O/c1-2-5-13(6-3-7-15-13)12(18)14-9-11-17-10-4-8-16-17/h4,8,10,15H,2-3,5-7,9,11H2,1H3,(H,14,18). The minimum absolute atomic E-state index is 0.147. The van der Waals surface area contributed by atoms with E-state index in [1.54, 1.807) is 6.20 Å². The van der Waals surface area contributed by atoms with Gasteiger partial charge in [-0.1, -0.05) is 13.3 Å². The summed E-state index contributed by atoms with van der Waals surface area (Å²) in [6.07, 6.45) is 7.64. The number of amides is 1. The van der Waals surface area contributed by atoms with E-state index < -0.39 is 0 Å². The second-order valence-electron chi connectivity index (χ2n) is 4.89. The molecule has 0 radical (unpaired) electrons. The third-order valence-electron chi connectivity index (χ3n) is 3.54. The zero-order valence-corrected chi connectivity index (χ0v) is 11.0. The van der Waals surface area contributed by atoms with E-state index in [2.05, 4.69) is 22.7 Å². The smallest absolute Gasteiger partial charge is 0.240 e. The lowest BCUT2D eigenvalue weighted by molar-refractivity contribution is -0.127. The van der Waals surface area contributed by atoms with Crippen molar-refractivity contribution in [3.05, 3.63) is 18.5 Å². The topological polar surface area (TPSA) is 59.0 Å². The average Bonchev–Trinajstić information content (AvgIpc) is 3.01. The summed E-state index contributed by atoms with van der Waals surface area (Å²) < 4.78 is 1.83. The Morgan fingerprint density at radius 2 is 2.50 bits per heavy atom. The van der Waals surface area contributed by atoms with Crippen molar-refractivity contribution < 1.29 is 4.79 Å². The molecular weight excluding hydrogens is 228 g/mol. The monoisotopic (exact) mass is 250 g/mol. The Morgan fingerprint density at radius 3 is 3.11 bits per heavy atom. The normalized spacial score (nSPS) is 23.2. The van der Waals surface area contributed by atoms with Gasteiger partial charge in [0.1, 0.15) is 0 Å². The number of nitrogens with one attached hydrogen (secondary N) is 2. The Kier molecular flexibility index (Phi) is 4.36. The molecule has 0 aliphatic carbocycles. The number of carbonyl (C=O) groups is 1. The van der Waals surface area contributed by atoms with Gasteiger partial charge in [0, 0.05) is 18.9 Å². The SMILES string of the molecule is CCCC1(C(=O)NCCn2cccn2)CCCN1. The first kappa shape index (κ1) is 13.1. The van der Waals surface area contributed by atoms with Gasteiger partial charge in [0.15, 0.2) is 0 Å². The molecule has 1 atom stereocenters. The van der Waals surface area contributed by atoms with E-state index in [9.17, 15) is 4.79 Å². The molecule has 2 rings (SSSR count). The fraction of sp³-hybridized carbons (Fsp3) is 0.692. The molecule has 18 heavy (non-hydrogen) atoms. The van der Waals surface area contributed by atoms with Crippen LogP contribution in [0.2, 0.25) is 0 Å². The summed E-state index contributed by atoms with van der Waals surface area (Å²) in [5.41, 5.74) is -0.321. The third kappa shape index (κ3) is 2.90. The quantitative estimate of drug-likeness (QED) is 0.789. The molecule has 0 aromatic carbocycles. The highest BCUT2D eigenvalue weighted by Gasteiger charge is 2.39. The Labute approximate surface area is 108 Å². The van der Waals surface area contributed by atoms with Crippen molar-refractivity contribution in [3.63, 3.8) is 0 Å². The molecule has 1 aromatic rings. The van der Waals surface area contributed by atoms with E-state index in [4.69, 9.17) is 0 Å². The van der Waals surface area contributed by atoms with Crippen molar-refractivity contribution in [1.29, 1.82) is 0 Å². The van der Waals surface area contributed by atoms with Crippen LogP contribution >= 0.6 is 0 Å². The van der Waals surface area contributed by atoms with Gasteiger partial charge in [0.05, 0.1) is 12.1 Å². The second kappa shape index (κ2) is 6.00. The molecule has 5 nitrogen and oxygen atoms in total. The zero-order valence-electron chi connectivity index (χ0n) is 11.0. The Bertz CT molecular complexity index is 368. The zero-order chi connectivity index (χ0) is 12.8. The van der Waals surface area contributed by atoms with Crippen molar-refractivity contribution in [3.8, 4) is 0 Å². The predicted molar refractivity (Wildman–Crippen MR) is 70.1 cm³/mol. The predicted octanol–water partition coefficient (Wildman–Crippen LogP) is 0.922. The number of hydrogen-bond donors (Lipinski definition) is 2. The molecule has 1 unspecified atom stereocenters. The van der Waals surface area contributed by atoms with Crippen LogP contribution in [0.5, 0.6) is 0 Å². The average molecular weight is 250 g/mol. The highest BCUT2D eigenvalue weighted by atomic mass is 16.2. The molecule has 0 saturated carbocycles. The number of hydrogen-bond acceptors (Lipinski definition) is 3. The molecule has 1 aliphatic rings. The highest BCUT2D eigenvalue weighted by Crippen LogP contribution is 2.24. The maximum atomic E-state index is 12.3. The molecule has 1 aliphatic heterocycles. The minimum Gasteiger partial charge on any atom is -0.353 e. The van der Waals surface area contributed by atoms with E-state index in [-0.39, 0.29) is 11.4 Å². The van der Waals surface area contributed by atoms with Gasteiger partial charge in [-0.3, -0.25) is 9.48 Å². The van der Waals surface area contributed by atoms with Gasteiger partial charge < -0.3 is 10.6 Å². The van der Waals surface area contributed by atoms with Crippen LogP contribution in [0.1, 0.15) is 32.6 Å². The number of rotatable bonds is 6. The number of carbonyl (C=O) groups excluding carboxylic acids is 1. The first-order valence-corrected chi connectivity index (χ1v) is 6.77. The second-order valence-corrected chi connectivity index (χ2v) is 4.89. The lowest BCUT2D eigenvalue weighted by Gasteiger charge is -2.27. The lowest BCUT2D eigenvalue weighted by atomic mass is 9.91. The summed E-state index contributed by atoms with van der Waals surface area (Å²) in [6.45, 7) is 4.43. The molecule has 2 heterocycles. The van der Waals surface area contributed by atoms with Crippen LogP contribution in [0, 0.1) is 0 Å². The van der Waals surface area contributed by atoms with Gasteiger partial charge in [-0.25, -0.2) is 0 Å². The maximum Gasteiger partial charge on any atom is 0.240 e. The largest absolute Gasteiger partial charge is 0.353 e. The van der Waals surface area contributed by atoms with Crippen LogP contribution in [0.25, 0.3) is 0 Å². The van der Waals surface area contributed by atoms with Gasteiger partial charge in [-0.15, -0.1) is 0 Å². The number of aromatic nitrogens is 2. The summed E-state index contributed by atoms with van der Waals surface area (Å²) >= 11 is 0. The summed E-state index contributed by atoms with van der Waals surface area (Å²) in [6, 6.07) is 1.89. The van der Waals surface area contributed by atoms with Gasteiger partial charge in [-0.2, -0.15) is 5.10 Å². The molecule has 1 aromatic heterocycles.